The Balaban J connectivity index is 1.90. The molecule has 1 saturated heterocycles. The third-order valence-electron chi connectivity index (χ3n) is 2.83. The second-order valence-electron chi connectivity index (χ2n) is 4.13. The molecule has 2 heterocycles. The van der Waals surface area contributed by atoms with Gasteiger partial charge in [-0.1, -0.05) is 0 Å². The molecule has 0 aliphatic carbocycles. The quantitative estimate of drug-likeness (QED) is 0.863. The van der Waals surface area contributed by atoms with E-state index >= 15 is 0 Å². The SMILES string of the molecule is O=C(CNc1nc(Cl)ncc1Br)N1CCCCC1. The van der Waals surface area contributed by atoms with E-state index in [1.807, 2.05) is 4.90 Å². The van der Waals surface area contributed by atoms with Crippen LogP contribution < -0.4 is 5.32 Å². The van der Waals surface area contributed by atoms with Crippen LogP contribution in [0.15, 0.2) is 10.7 Å². The number of carbonyl (C=O) groups excluding carboxylic acids is 1. The van der Waals surface area contributed by atoms with E-state index in [-0.39, 0.29) is 17.7 Å². The summed E-state index contributed by atoms with van der Waals surface area (Å²) in [5, 5.41) is 3.14. The van der Waals surface area contributed by atoms with E-state index in [1.54, 1.807) is 6.20 Å². The van der Waals surface area contributed by atoms with Crippen LogP contribution in [0.4, 0.5) is 5.82 Å². The molecule has 1 N–H and O–H groups in total. The number of nitrogens with one attached hydrogen (secondary N) is 1. The maximum absolute atomic E-state index is 11.9. The number of carbonyl (C=O) groups is 1. The van der Waals surface area contributed by atoms with Crippen LogP contribution in [0.3, 0.4) is 0 Å². The van der Waals surface area contributed by atoms with Crippen molar-refractivity contribution in [3.8, 4) is 0 Å². The molecule has 0 saturated carbocycles. The van der Waals surface area contributed by atoms with Gasteiger partial charge in [-0.15, -0.1) is 0 Å². The zero-order valence-corrected chi connectivity index (χ0v) is 12.2. The molecule has 0 bridgehead atoms. The van der Waals surface area contributed by atoms with Gasteiger partial charge in [-0.25, -0.2) is 4.98 Å². The van der Waals surface area contributed by atoms with Crippen molar-refractivity contribution in [2.45, 2.75) is 19.3 Å². The topological polar surface area (TPSA) is 58.1 Å². The molecule has 98 valence electrons. The predicted molar refractivity (Wildman–Crippen MR) is 73.7 cm³/mol. The van der Waals surface area contributed by atoms with Crippen LogP contribution in [-0.4, -0.2) is 40.4 Å². The standard InChI is InChI=1S/C11H14BrClN4O/c12-8-6-15-11(13)16-10(8)14-7-9(18)17-4-2-1-3-5-17/h6H,1-5,7H2,(H,14,15,16). The Kier molecular flexibility index (Phi) is 4.77. The van der Waals surface area contributed by atoms with E-state index in [9.17, 15) is 4.79 Å². The van der Waals surface area contributed by atoms with Crippen molar-refractivity contribution in [1.29, 1.82) is 0 Å². The van der Waals surface area contributed by atoms with Crippen LogP contribution in [0.5, 0.6) is 0 Å². The Hall–Kier alpha value is -0.880. The van der Waals surface area contributed by atoms with Gasteiger partial charge in [-0.05, 0) is 46.8 Å². The van der Waals surface area contributed by atoms with E-state index in [2.05, 4.69) is 31.2 Å². The highest BCUT2D eigenvalue weighted by Gasteiger charge is 2.16. The minimum Gasteiger partial charge on any atom is -0.360 e. The molecule has 1 aliphatic rings. The minimum atomic E-state index is 0.0938. The molecule has 0 radical (unpaired) electrons. The lowest BCUT2D eigenvalue weighted by Gasteiger charge is -2.26. The van der Waals surface area contributed by atoms with E-state index in [0.29, 0.717) is 10.3 Å². The molecule has 1 fully saturated rings. The molecule has 1 aliphatic heterocycles. The van der Waals surface area contributed by atoms with Gasteiger partial charge >= 0.3 is 0 Å². The van der Waals surface area contributed by atoms with Gasteiger partial charge in [-0.2, -0.15) is 4.98 Å². The van der Waals surface area contributed by atoms with Gasteiger partial charge in [0.2, 0.25) is 11.2 Å². The zero-order chi connectivity index (χ0) is 13.0. The minimum absolute atomic E-state index is 0.0938. The molecule has 5 nitrogen and oxygen atoms in total. The molecule has 1 aromatic heterocycles. The highest BCUT2D eigenvalue weighted by Crippen LogP contribution is 2.20. The molecule has 2 rings (SSSR count). The first kappa shape index (κ1) is 13.5. The van der Waals surface area contributed by atoms with Crippen LogP contribution in [-0.2, 0) is 4.79 Å². The Labute approximate surface area is 119 Å². The highest BCUT2D eigenvalue weighted by molar-refractivity contribution is 9.10. The maximum atomic E-state index is 11.9. The van der Waals surface area contributed by atoms with Crippen LogP contribution in [0, 0.1) is 0 Å². The fourth-order valence-electron chi connectivity index (χ4n) is 1.88. The number of anilines is 1. The lowest BCUT2D eigenvalue weighted by atomic mass is 10.1. The predicted octanol–water partition coefficient (Wildman–Crippen LogP) is 2.32. The Bertz CT molecular complexity index is 437. The van der Waals surface area contributed by atoms with Crippen molar-refractivity contribution < 1.29 is 4.79 Å². The first-order valence-electron chi connectivity index (χ1n) is 5.86. The smallest absolute Gasteiger partial charge is 0.241 e. The van der Waals surface area contributed by atoms with Crippen LogP contribution >= 0.6 is 27.5 Å². The molecular weight excluding hydrogens is 320 g/mol. The van der Waals surface area contributed by atoms with E-state index in [1.165, 1.54) is 6.42 Å². The fourth-order valence-corrected chi connectivity index (χ4v) is 2.35. The number of hydrogen-bond acceptors (Lipinski definition) is 4. The van der Waals surface area contributed by atoms with Gasteiger partial charge in [0.25, 0.3) is 0 Å². The van der Waals surface area contributed by atoms with Gasteiger partial charge in [0.05, 0.1) is 11.0 Å². The largest absolute Gasteiger partial charge is 0.360 e. The van der Waals surface area contributed by atoms with E-state index in [0.717, 1.165) is 25.9 Å². The monoisotopic (exact) mass is 332 g/mol. The van der Waals surface area contributed by atoms with Crippen LogP contribution in [0.1, 0.15) is 19.3 Å². The summed E-state index contributed by atoms with van der Waals surface area (Å²) < 4.78 is 0.693. The van der Waals surface area contributed by atoms with Crippen LogP contribution in [0.2, 0.25) is 5.28 Å². The maximum Gasteiger partial charge on any atom is 0.241 e. The summed E-state index contributed by atoms with van der Waals surface area (Å²) in [6.45, 7) is 1.93. The van der Waals surface area contributed by atoms with Crippen molar-refractivity contribution in [3.63, 3.8) is 0 Å². The summed E-state index contributed by atoms with van der Waals surface area (Å²) in [5.41, 5.74) is 0. The Morgan fingerprint density at radius 3 is 2.89 bits per heavy atom. The average Bonchev–Trinajstić information content (AvgIpc) is 2.40. The summed E-state index contributed by atoms with van der Waals surface area (Å²) in [5.74, 6) is 0.636. The van der Waals surface area contributed by atoms with Crippen molar-refractivity contribution in [1.82, 2.24) is 14.9 Å². The molecule has 0 atom stereocenters. The average molecular weight is 334 g/mol. The molecule has 7 heteroatoms. The number of piperidine rings is 1. The zero-order valence-electron chi connectivity index (χ0n) is 9.83. The molecule has 18 heavy (non-hydrogen) atoms. The van der Waals surface area contributed by atoms with Gasteiger partial charge in [0.15, 0.2) is 0 Å². The summed E-state index contributed by atoms with van der Waals surface area (Å²) in [6.07, 6.45) is 4.96. The Morgan fingerprint density at radius 1 is 1.44 bits per heavy atom. The number of hydrogen-bond donors (Lipinski definition) is 1. The van der Waals surface area contributed by atoms with Crippen molar-refractivity contribution in [2.75, 3.05) is 25.0 Å². The molecule has 1 aromatic rings. The lowest BCUT2D eigenvalue weighted by Crippen LogP contribution is -2.39. The molecule has 0 spiro atoms. The normalized spacial score (nSPS) is 15.6. The number of amides is 1. The second-order valence-corrected chi connectivity index (χ2v) is 5.32. The molecule has 0 aromatic carbocycles. The summed E-state index contributed by atoms with van der Waals surface area (Å²) in [7, 11) is 0. The summed E-state index contributed by atoms with van der Waals surface area (Å²) in [6, 6.07) is 0. The van der Waals surface area contributed by atoms with Gasteiger partial charge in [-0.3, -0.25) is 4.79 Å². The third-order valence-corrected chi connectivity index (χ3v) is 3.59. The van der Waals surface area contributed by atoms with Gasteiger partial charge in [0, 0.05) is 19.3 Å². The summed E-state index contributed by atoms with van der Waals surface area (Å²) >= 11 is 9.01. The molecule has 0 unspecified atom stereocenters. The Morgan fingerprint density at radius 2 is 2.17 bits per heavy atom. The fraction of sp³-hybridized carbons (Fsp3) is 0.545. The number of likely N-dealkylation sites (tertiary alicyclic amines) is 1. The third kappa shape index (κ3) is 3.55. The highest BCUT2D eigenvalue weighted by atomic mass is 79.9. The number of halogens is 2. The number of aromatic nitrogens is 2. The van der Waals surface area contributed by atoms with E-state index < -0.39 is 0 Å². The van der Waals surface area contributed by atoms with Crippen LogP contribution in [0.25, 0.3) is 0 Å². The van der Waals surface area contributed by atoms with Gasteiger partial charge in [0.1, 0.15) is 5.82 Å². The first-order chi connectivity index (χ1) is 8.66. The van der Waals surface area contributed by atoms with Crippen molar-refractivity contribution in [2.24, 2.45) is 0 Å². The lowest BCUT2D eigenvalue weighted by molar-refractivity contribution is -0.130. The second kappa shape index (κ2) is 6.33. The molecule has 1 amide bonds. The van der Waals surface area contributed by atoms with E-state index in [4.69, 9.17) is 11.6 Å². The number of rotatable bonds is 3. The van der Waals surface area contributed by atoms with Crippen molar-refractivity contribution in [3.05, 3.63) is 16.0 Å². The molecular formula is C11H14BrClN4O. The number of nitrogens with zero attached hydrogens (tertiary/aromatic N) is 3. The first-order valence-corrected chi connectivity index (χ1v) is 7.03. The van der Waals surface area contributed by atoms with Crippen molar-refractivity contribution >= 4 is 39.3 Å². The summed E-state index contributed by atoms with van der Waals surface area (Å²) in [4.78, 5) is 21.7. The van der Waals surface area contributed by atoms with Gasteiger partial charge < -0.3 is 10.2 Å².